The number of nitrogens with one attached hydrogen (secondary N) is 1. The fourth-order valence-corrected chi connectivity index (χ4v) is 2.15. The van der Waals surface area contributed by atoms with Crippen molar-refractivity contribution in [2.45, 2.75) is 0 Å². The van der Waals surface area contributed by atoms with E-state index in [2.05, 4.69) is 4.98 Å². The van der Waals surface area contributed by atoms with Crippen LogP contribution in [0.5, 0.6) is 0 Å². The number of aromatic amines is 1. The highest BCUT2D eigenvalue weighted by Gasteiger charge is 2.13. The summed E-state index contributed by atoms with van der Waals surface area (Å²) < 4.78 is 26.2. The number of benzene rings is 2. The van der Waals surface area contributed by atoms with Gasteiger partial charge in [0, 0.05) is 16.5 Å². The Balaban J connectivity index is 2.28. The molecule has 0 aliphatic carbocycles. The predicted molar refractivity (Wildman–Crippen MR) is 69.0 cm³/mol. The summed E-state index contributed by atoms with van der Waals surface area (Å²) in [5, 5.41) is 0.523. The normalized spacial score (nSPS) is 10.8. The number of hydrogen-bond acceptors (Lipinski definition) is 1. The molecular weight excluding hydrogens is 248 g/mol. The van der Waals surface area contributed by atoms with Crippen molar-refractivity contribution < 1.29 is 13.6 Å². The van der Waals surface area contributed by atoms with Gasteiger partial charge in [-0.3, -0.25) is 4.79 Å². The summed E-state index contributed by atoms with van der Waals surface area (Å²) in [6.45, 7) is 0. The van der Waals surface area contributed by atoms with E-state index in [1.165, 1.54) is 24.3 Å². The van der Waals surface area contributed by atoms with Gasteiger partial charge in [0.15, 0.2) is 6.29 Å². The number of fused-ring (bicyclic) bond motifs is 1. The van der Waals surface area contributed by atoms with E-state index in [0.717, 1.165) is 0 Å². The summed E-state index contributed by atoms with van der Waals surface area (Å²) in [4.78, 5) is 14.3. The van der Waals surface area contributed by atoms with Gasteiger partial charge < -0.3 is 4.98 Å². The zero-order valence-electron chi connectivity index (χ0n) is 9.78. The molecule has 0 aliphatic rings. The molecule has 94 valence electrons. The zero-order valence-corrected chi connectivity index (χ0v) is 9.78. The molecule has 1 heterocycles. The largest absolute Gasteiger partial charge is 0.354 e. The van der Waals surface area contributed by atoms with E-state index in [1.807, 2.05) is 0 Å². The van der Waals surface area contributed by atoms with Crippen molar-refractivity contribution in [1.82, 2.24) is 4.98 Å². The Morgan fingerprint density at radius 1 is 0.947 bits per heavy atom. The molecule has 0 unspecified atom stereocenters. The smallest absolute Gasteiger partial charge is 0.152 e. The molecule has 0 spiro atoms. The first-order valence-electron chi connectivity index (χ1n) is 5.71. The van der Waals surface area contributed by atoms with Crippen molar-refractivity contribution in [2.75, 3.05) is 0 Å². The Labute approximate surface area is 107 Å². The Hall–Kier alpha value is -2.49. The van der Waals surface area contributed by atoms with Crippen LogP contribution in [0.4, 0.5) is 8.78 Å². The first-order valence-corrected chi connectivity index (χ1v) is 5.71. The third-order valence-corrected chi connectivity index (χ3v) is 3.05. The number of aldehydes is 1. The number of H-pyrrole nitrogens is 1. The molecular formula is C15H9F2NO. The molecule has 0 aliphatic heterocycles. The standard InChI is InChI=1S/C15H9F2NO/c16-10-3-1-9(2-4-10)15-13(8-19)12-7-11(17)5-6-14(12)18-15/h1-8,18H. The molecule has 0 atom stereocenters. The lowest BCUT2D eigenvalue weighted by molar-refractivity contribution is 0.112. The quantitative estimate of drug-likeness (QED) is 0.693. The molecule has 1 N–H and O–H groups in total. The lowest BCUT2D eigenvalue weighted by atomic mass is 10.1. The number of carbonyl (C=O) groups excluding carboxylic acids is 1. The van der Waals surface area contributed by atoms with Gasteiger partial charge in [-0.05, 0) is 48.0 Å². The second-order valence-electron chi connectivity index (χ2n) is 4.23. The van der Waals surface area contributed by atoms with Gasteiger partial charge in [-0.15, -0.1) is 0 Å². The lowest BCUT2D eigenvalue weighted by Crippen LogP contribution is -1.85. The minimum Gasteiger partial charge on any atom is -0.354 e. The predicted octanol–water partition coefficient (Wildman–Crippen LogP) is 3.93. The molecule has 0 amide bonds. The van der Waals surface area contributed by atoms with Crippen LogP contribution in [0.1, 0.15) is 10.4 Å². The third-order valence-electron chi connectivity index (χ3n) is 3.05. The number of carbonyl (C=O) groups is 1. The summed E-state index contributed by atoms with van der Waals surface area (Å²) in [5.74, 6) is -0.751. The molecule has 19 heavy (non-hydrogen) atoms. The number of halogens is 2. The molecule has 3 aromatic rings. The molecule has 2 nitrogen and oxygen atoms in total. The third kappa shape index (κ3) is 1.91. The van der Waals surface area contributed by atoms with Crippen LogP contribution in [0.3, 0.4) is 0 Å². The van der Waals surface area contributed by atoms with Crippen LogP contribution in [-0.4, -0.2) is 11.3 Å². The topological polar surface area (TPSA) is 32.9 Å². The summed E-state index contributed by atoms with van der Waals surface area (Å²) in [5.41, 5.74) is 2.29. The molecule has 0 bridgehead atoms. The summed E-state index contributed by atoms with van der Waals surface area (Å²) in [7, 11) is 0. The second kappa shape index (κ2) is 4.31. The Morgan fingerprint density at radius 2 is 1.63 bits per heavy atom. The highest BCUT2D eigenvalue weighted by Crippen LogP contribution is 2.29. The van der Waals surface area contributed by atoms with Crippen molar-refractivity contribution in [3.8, 4) is 11.3 Å². The van der Waals surface area contributed by atoms with Crippen molar-refractivity contribution in [1.29, 1.82) is 0 Å². The fraction of sp³-hybridized carbons (Fsp3) is 0. The molecule has 1 aromatic heterocycles. The summed E-state index contributed by atoms with van der Waals surface area (Å²) >= 11 is 0. The molecule has 0 radical (unpaired) electrons. The van der Waals surface area contributed by atoms with Gasteiger partial charge in [-0.25, -0.2) is 8.78 Å². The molecule has 2 aromatic carbocycles. The fourth-order valence-electron chi connectivity index (χ4n) is 2.15. The molecule has 4 heteroatoms. The van der Waals surface area contributed by atoms with Crippen LogP contribution >= 0.6 is 0 Å². The minimum absolute atomic E-state index is 0.349. The molecule has 0 saturated carbocycles. The monoisotopic (exact) mass is 257 g/mol. The first-order chi connectivity index (χ1) is 9.19. The van der Waals surface area contributed by atoms with E-state index in [4.69, 9.17) is 0 Å². The highest BCUT2D eigenvalue weighted by atomic mass is 19.1. The van der Waals surface area contributed by atoms with Crippen LogP contribution in [0.15, 0.2) is 42.5 Å². The number of rotatable bonds is 2. The SMILES string of the molecule is O=Cc1c(-c2ccc(F)cc2)[nH]c2ccc(F)cc12. The van der Waals surface area contributed by atoms with Gasteiger partial charge in [-0.1, -0.05) is 0 Å². The first kappa shape index (κ1) is 11.6. The van der Waals surface area contributed by atoms with E-state index in [9.17, 15) is 13.6 Å². The van der Waals surface area contributed by atoms with Gasteiger partial charge >= 0.3 is 0 Å². The maximum Gasteiger partial charge on any atom is 0.152 e. The van der Waals surface area contributed by atoms with Crippen LogP contribution in [0, 0.1) is 11.6 Å². The Morgan fingerprint density at radius 3 is 2.32 bits per heavy atom. The zero-order chi connectivity index (χ0) is 13.4. The van der Waals surface area contributed by atoms with Gasteiger partial charge in [0.2, 0.25) is 0 Å². The van der Waals surface area contributed by atoms with E-state index in [1.54, 1.807) is 18.2 Å². The van der Waals surface area contributed by atoms with Crippen molar-refractivity contribution in [3.05, 3.63) is 59.7 Å². The van der Waals surface area contributed by atoms with Crippen molar-refractivity contribution in [2.24, 2.45) is 0 Å². The van der Waals surface area contributed by atoms with Crippen LogP contribution in [0.2, 0.25) is 0 Å². The average Bonchev–Trinajstić information content (AvgIpc) is 2.77. The van der Waals surface area contributed by atoms with Gasteiger partial charge in [0.1, 0.15) is 11.6 Å². The van der Waals surface area contributed by atoms with Gasteiger partial charge in [0.25, 0.3) is 0 Å². The maximum atomic E-state index is 13.2. The average molecular weight is 257 g/mol. The second-order valence-corrected chi connectivity index (χ2v) is 4.23. The van der Waals surface area contributed by atoms with Crippen LogP contribution in [0.25, 0.3) is 22.2 Å². The number of hydrogen-bond donors (Lipinski definition) is 1. The van der Waals surface area contributed by atoms with Gasteiger partial charge in [-0.2, -0.15) is 0 Å². The maximum absolute atomic E-state index is 13.2. The van der Waals surface area contributed by atoms with E-state index < -0.39 is 5.82 Å². The van der Waals surface area contributed by atoms with E-state index >= 15 is 0 Å². The van der Waals surface area contributed by atoms with Crippen molar-refractivity contribution >= 4 is 17.2 Å². The van der Waals surface area contributed by atoms with Crippen LogP contribution in [-0.2, 0) is 0 Å². The van der Waals surface area contributed by atoms with Crippen LogP contribution < -0.4 is 0 Å². The summed E-state index contributed by atoms with van der Waals surface area (Å²) in [6, 6.07) is 9.98. The molecule has 3 rings (SSSR count). The lowest BCUT2D eigenvalue weighted by Gasteiger charge is -1.99. The molecule has 0 fully saturated rings. The number of aromatic nitrogens is 1. The van der Waals surface area contributed by atoms with Gasteiger partial charge in [0.05, 0.1) is 5.69 Å². The molecule has 0 saturated heterocycles. The van der Waals surface area contributed by atoms with Crippen molar-refractivity contribution in [3.63, 3.8) is 0 Å². The highest BCUT2D eigenvalue weighted by molar-refractivity contribution is 6.04. The van der Waals surface area contributed by atoms with E-state index in [0.29, 0.717) is 34.0 Å². The van der Waals surface area contributed by atoms with E-state index in [-0.39, 0.29) is 5.82 Å². The summed E-state index contributed by atoms with van der Waals surface area (Å²) in [6.07, 6.45) is 0.678. The Kier molecular flexibility index (Phi) is 2.63. The Bertz CT molecular complexity index is 760. The minimum atomic E-state index is -0.403.